The maximum absolute atomic E-state index is 12.7. The summed E-state index contributed by atoms with van der Waals surface area (Å²) < 4.78 is 0. The molecule has 4 rings (SSSR count). The zero-order valence-electron chi connectivity index (χ0n) is 16.4. The van der Waals surface area contributed by atoms with Crippen molar-refractivity contribution in [3.63, 3.8) is 0 Å². The predicted octanol–water partition coefficient (Wildman–Crippen LogP) is 4.75. The van der Waals surface area contributed by atoms with Crippen molar-refractivity contribution in [2.45, 2.75) is 26.3 Å². The second-order valence-electron chi connectivity index (χ2n) is 7.80. The van der Waals surface area contributed by atoms with Crippen molar-refractivity contribution >= 4 is 28.4 Å². The molecule has 2 aromatic carbocycles. The molecule has 146 valence electrons. The number of carbonyl (C=O) groups is 1. The van der Waals surface area contributed by atoms with E-state index in [0.29, 0.717) is 11.6 Å². The zero-order valence-corrected chi connectivity index (χ0v) is 17.1. The van der Waals surface area contributed by atoms with Gasteiger partial charge >= 0.3 is 0 Å². The maximum Gasteiger partial charge on any atom is 0.224 e. The summed E-state index contributed by atoms with van der Waals surface area (Å²) in [6, 6.07) is 14.2. The van der Waals surface area contributed by atoms with Crippen molar-refractivity contribution in [3.05, 3.63) is 58.6 Å². The van der Waals surface area contributed by atoms with Crippen molar-refractivity contribution in [1.29, 1.82) is 0 Å². The van der Waals surface area contributed by atoms with E-state index in [9.17, 15) is 4.79 Å². The number of nitrogens with zero attached hydrogens (tertiary/aromatic N) is 1. The lowest BCUT2D eigenvalue weighted by atomic mass is 9.97. The average molecular weight is 396 g/mol. The van der Waals surface area contributed by atoms with Crippen molar-refractivity contribution in [2.75, 3.05) is 20.1 Å². The van der Waals surface area contributed by atoms with Crippen LogP contribution in [0.2, 0.25) is 5.02 Å². The molecule has 4 nitrogen and oxygen atoms in total. The van der Waals surface area contributed by atoms with Gasteiger partial charge < -0.3 is 15.2 Å². The van der Waals surface area contributed by atoms with Crippen LogP contribution in [0.5, 0.6) is 0 Å². The monoisotopic (exact) mass is 395 g/mol. The highest BCUT2D eigenvalue weighted by molar-refractivity contribution is 6.31. The van der Waals surface area contributed by atoms with Gasteiger partial charge in [-0.3, -0.25) is 4.79 Å². The summed E-state index contributed by atoms with van der Waals surface area (Å²) in [6.45, 7) is 4.49. The number of nitrogens with one attached hydrogen (secondary N) is 2. The third-order valence-corrected chi connectivity index (χ3v) is 5.94. The molecule has 2 N–H and O–H groups in total. The van der Waals surface area contributed by atoms with Gasteiger partial charge in [0.2, 0.25) is 5.91 Å². The van der Waals surface area contributed by atoms with Gasteiger partial charge in [-0.05, 0) is 62.2 Å². The summed E-state index contributed by atoms with van der Waals surface area (Å²) in [5.74, 6) is 0.199. The van der Waals surface area contributed by atoms with Gasteiger partial charge in [-0.15, -0.1) is 0 Å². The molecular formula is C23H26ClN3O. The summed E-state index contributed by atoms with van der Waals surface area (Å²) in [5.41, 5.74) is 5.48. The summed E-state index contributed by atoms with van der Waals surface area (Å²) in [7, 11) is 2.08. The van der Waals surface area contributed by atoms with E-state index in [0.717, 1.165) is 53.7 Å². The molecule has 0 saturated carbocycles. The molecule has 0 radical (unpaired) electrons. The number of aryl methyl sites for hydroxylation is 1. The second kappa shape index (κ2) is 7.98. The minimum atomic E-state index is 0.0682. The molecule has 1 aliphatic heterocycles. The van der Waals surface area contributed by atoms with E-state index < -0.39 is 0 Å². The topological polar surface area (TPSA) is 48.1 Å². The van der Waals surface area contributed by atoms with Crippen molar-refractivity contribution in [2.24, 2.45) is 5.92 Å². The van der Waals surface area contributed by atoms with Crippen molar-refractivity contribution in [1.82, 2.24) is 15.2 Å². The van der Waals surface area contributed by atoms with E-state index in [4.69, 9.17) is 11.6 Å². The Morgan fingerprint density at radius 2 is 2.07 bits per heavy atom. The lowest BCUT2D eigenvalue weighted by Gasteiger charge is -2.28. The first-order valence-corrected chi connectivity index (χ1v) is 10.2. The van der Waals surface area contributed by atoms with Crippen LogP contribution in [0.4, 0.5) is 0 Å². The van der Waals surface area contributed by atoms with Crippen LogP contribution in [-0.2, 0) is 11.3 Å². The summed E-state index contributed by atoms with van der Waals surface area (Å²) in [5, 5.41) is 4.93. The number of hydrogen-bond donors (Lipinski definition) is 2. The normalized spacial score (nSPS) is 17.8. The Kier molecular flexibility index (Phi) is 5.42. The Morgan fingerprint density at radius 3 is 2.82 bits per heavy atom. The highest BCUT2D eigenvalue weighted by Crippen LogP contribution is 2.33. The van der Waals surface area contributed by atoms with E-state index in [1.807, 2.05) is 30.3 Å². The minimum absolute atomic E-state index is 0.0682. The number of H-pyrrole nitrogens is 1. The van der Waals surface area contributed by atoms with Crippen LogP contribution in [0.3, 0.4) is 0 Å². The van der Waals surface area contributed by atoms with Gasteiger partial charge in [0.25, 0.3) is 0 Å². The van der Waals surface area contributed by atoms with Crippen LogP contribution < -0.4 is 5.32 Å². The van der Waals surface area contributed by atoms with Crippen LogP contribution >= 0.6 is 11.6 Å². The number of aromatic amines is 1. The molecule has 1 atom stereocenters. The van der Waals surface area contributed by atoms with Crippen LogP contribution in [0.15, 0.2) is 42.5 Å². The summed E-state index contributed by atoms with van der Waals surface area (Å²) in [4.78, 5) is 18.4. The van der Waals surface area contributed by atoms with Crippen molar-refractivity contribution in [3.8, 4) is 11.3 Å². The molecule has 2 heterocycles. The largest absolute Gasteiger partial charge is 0.354 e. The first-order chi connectivity index (χ1) is 13.5. The predicted molar refractivity (Wildman–Crippen MR) is 116 cm³/mol. The molecule has 5 heteroatoms. The smallest absolute Gasteiger partial charge is 0.224 e. The average Bonchev–Trinajstić information content (AvgIpc) is 3.03. The lowest BCUT2D eigenvalue weighted by Crippen LogP contribution is -2.41. The van der Waals surface area contributed by atoms with Crippen LogP contribution in [0, 0.1) is 12.8 Å². The van der Waals surface area contributed by atoms with E-state index >= 15 is 0 Å². The standard InChI is InChI=1S/C23H26ClN3O/c1-15-20-12-19(24)11-18(13-25-23(28)17-9-6-10-27(2)14-17)22(20)26-21(15)16-7-4-3-5-8-16/h3-5,7-8,11-12,17,26H,6,9-10,13-14H2,1-2H3,(H,25,28)/t17-/m0/s1. The fraction of sp³-hybridized carbons (Fsp3) is 0.348. The Bertz CT molecular complexity index is 996. The third-order valence-electron chi connectivity index (χ3n) is 5.72. The molecule has 0 spiro atoms. The van der Waals surface area contributed by atoms with Gasteiger partial charge in [-0.2, -0.15) is 0 Å². The van der Waals surface area contributed by atoms with E-state index in [2.05, 4.69) is 41.3 Å². The molecular weight excluding hydrogens is 370 g/mol. The van der Waals surface area contributed by atoms with Crippen LogP contribution in [0.25, 0.3) is 22.2 Å². The molecule has 1 fully saturated rings. The molecule has 1 aromatic heterocycles. The highest BCUT2D eigenvalue weighted by Gasteiger charge is 2.24. The van der Waals surface area contributed by atoms with Crippen LogP contribution in [-0.4, -0.2) is 35.9 Å². The second-order valence-corrected chi connectivity index (χ2v) is 8.23. The number of halogens is 1. The molecule has 1 aliphatic rings. The minimum Gasteiger partial charge on any atom is -0.354 e. The number of carbonyl (C=O) groups excluding carboxylic acids is 1. The van der Waals surface area contributed by atoms with Gasteiger partial charge in [0, 0.05) is 29.2 Å². The quantitative estimate of drug-likeness (QED) is 0.669. The summed E-state index contributed by atoms with van der Waals surface area (Å²) in [6.07, 6.45) is 2.03. The van der Waals surface area contributed by atoms with Crippen LogP contribution in [0.1, 0.15) is 24.0 Å². The number of hydrogen-bond acceptors (Lipinski definition) is 2. The number of piperidine rings is 1. The number of benzene rings is 2. The molecule has 3 aromatic rings. The maximum atomic E-state index is 12.7. The third kappa shape index (κ3) is 3.80. The Hall–Kier alpha value is -2.30. The SMILES string of the molecule is Cc1c(-c2ccccc2)[nH]c2c(CNC(=O)[C@H]3CCCN(C)C3)cc(Cl)cc12. The van der Waals surface area contributed by atoms with Gasteiger partial charge in [0.15, 0.2) is 0 Å². The summed E-state index contributed by atoms with van der Waals surface area (Å²) >= 11 is 6.40. The Balaban J connectivity index is 1.61. The first kappa shape index (κ1) is 19.0. The zero-order chi connectivity index (χ0) is 19.7. The van der Waals surface area contributed by atoms with E-state index in [-0.39, 0.29) is 11.8 Å². The van der Waals surface area contributed by atoms with Crippen molar-refractivity contribution < 1.29 is 4.79 Å². The molecule has 0 bridgehead atoms. The number of aromatic nitrogens is 1. The van der Waals surface area contributed by atoms with Gasteiger partial charge in [-0.1, -0.05) is 41.9 Å². The fourth-order valence-corrected chi connectivity index (χ4v) is 4.44. The first-order valence-electron chi connectivity index (χ1n) is 9.85. The van der Waals surface area contributed by atoms with E-state index in [1.165, 1.54) is 5.56 Å². The number of fused-ring (bicyclic) bond motifs is 1. The molecule has 28 heavy (non-hydrogen) atoms. The van der Waals surface area contributed by atoms with Gasteiger partial charge in [-0.25, -0.2) is 0 Å². The fourth-order valence-electron chi connectivity index (χ4n) is 4.20. The Labute approximate surface area is 170 Å². The number of amides is 1. The number of likely N-dealkylation sites (tertiary alicyclic amines) is 1. The lowest BCUT2D eigenvalue weighted by molar-refractivity contribution is -0.126. The molecule has 1 amide bonds. The highest BCUT2D eigenvalue weighted by atomic mass is 35.5. The molecule has 0 aliphatic carbocycles. The Morgan fingerprint density at radius 1 is 1.29 bits per heavy atom. The van der Waals surface area contributed by atoms with E-state index in [1.54, 1.807) is 0 Å². The van der Waals surface area contributed by atoms with Gasteiger partial charge in [0.1, 0.15) is 0 Å². The number of rotatable bonds is 4. The molecule has 1 saturated heterocycles. The van der Waals surface area contributed by atoms with Gasteiger partial charge in [0.05, 0.1) is 11.4 Å². The molecule has 0 unspecified atom stereocenters.